The number of benzene rings is 2. The van der Waals surface area contributed by atoms with Gasteiger partial charge in [-0.15, -0.1) is 0 Å². The van der Waals surface area contributed by atoms with Crippen LogP contribution in [0.2, 0.25) is 0 Å². The Morgan fingerprint density at radius 1 is 1.11 bits per heavy atom. The first-order chi connectivity index (χ1) is 9.16. The molecular weight excluding hydrogens is 372 g/mol. The second kappa shape index (κ2) is 5.10. The maximum Gasteiger partial charge on any atom is 0.197 e. The monoisotopic (exact) mass is 380 g/mol. The summed E-state index contributed by atoms with van der Waals surface area (Å²) < 4.78 is 7.31. The minimum absolute atomic E-state index is 0.0156. The minimum Gasteiger partial charge on any atom is -0.492 e. The maximum absolute atomic E-state index is 12.6. The molecule has 4 heteroatoms. The zero-order chi connectivity index (χ0) is 13.4. The molecule has 2 aromatic carbocycles. The third-order valence-electron chi connectivity index (χ3n) is 3.13. The maximum atomic E-state index is 12.6. The highest BCUT2D eigenvalue weighted by Gasteiger charge is 2.22. The van der Waals surface area contributed by atoms with Crippen molar-refractivity contribution >= 4 is 37.6 Å². The van der Waals surface area contributed by atoms with Crippen LogP contribution in [0.1, 0.15) is 21.5 Å². The van der Waals surface area contributed by atoms with Crippen molar-refractivity contribution in [2.75, 3.05) is 6.61 Å². The summed E-state index contributed by atoms with van der Waals surface area (Å²) in [4.78, 5) is 12.6. The number of ether oxygens (including phenoxy) is 1. The highest BCUT2D eigenvalue weighted by molar-refractivity contribution is 9.11. The van der Waals surface area contributed by atoms with Gasteiger partial charge >= 0.3 is 0 Å². The summed E-state index contributed by atoms with van der Waals surface area (Å²) in [6.07, 6.45) is 0.873. The first kappa shape index (κ1) is 12.9. The van der Waals surface area contributed by atoms with Gasteiger partial charge in [0.05, 0.1) is 12.2 Å². The fraction of sp³-hybridized carbons (Fsp3) is 0.133. The van der Waals surface area contributed by atoms with E-state index < -0.39 is 0 Å². The zero-order valence-electron chi connectivity index (χ0n) is 9.95. The zero-order valence-corrected chi connectivity index (χ0v) is 13.1. The summed E-state index contributed by atoms with van der Waals surface area (Å²) in [5.74, 6) is 0.723. The van der Waals surface area contributed by atoms with Crippen LogP contribution in [0.25, 0.3) is 0 Å². The van der Waals surface area contributed by atoms with E-state index in [0.29, 0.717) is 17.7 Å². The molecule has 0 radical (unpaired) electrons. The summed E-state index contributed by atoms with van der Waals surface area (Å²) in [6.45, 7) is 0.654. The number of fused-ring (bicyclic) bond motifs is 1. The SMILES string of the molecule is O=C(c1ccc(Br)cc1Br)c1cccc2c1OCC2. The van der Waals surface area contributed by atoms with E-state index in [0.717, 1.165) is 26.7 Å². The molecule has 0 fully saturated rings. The van der Waals surface area contributed by atoms with E-state index in [1.165, 1.54) is 0 Å². The summed E-state index contributed by atoms with van der Waals surface area (Å²) >= 11 is 6.82. The number of carbonyl (C=O) groups excluding carboxylic acids is 1. The van der Waals surface area contributed by atoms with Crippen LogP contribution in [0.3, 0.4) is 0 Å². The van der Waals surface area contributed by atoms with E-state index in [1.807, 2.05) is 36.4 Å². The number of hydrogen-bond acceptors (Lipinski definition) is 2. The van der Waals surface area contributed by atoms with Crippen molar-refractivity contribution in [3.05, 3.63) is 62.0 Å². The quantitative estimate of drug-likeness (QED) is 0.721. The lowest BCUT2D eigenvalue weighted by Gasteiger charge is -2.08. The normalized spacial score (nSPS) is 12.9. The van der Waals surface area contributed by atoms with Gasteiger partial charge in [0.25, 0.3) is 0 Å². The lowest BCUT2D eigenvalue weighted by molar-refractivity contribution is 0.103. The van der Waals surface area contributed by atoms with E-state index in [2.05, 4.69) is 31.9 Å². The highest BCUT2D eigenvalue weighted by atomic mass is 79.9. The molecule has 1 aliphatic rings. The molecule has 19 heavy (non-hydrogen) atoms. The molecule has 0 saturated heterocycles. The van der Waals surface area contributed by atoms with Crippen molar-refractivity contribution in [2.24, 2.45) is 0 Å². The van der Waals surface area contributed by atoms with Crippen LogP contribution in [0.15, 0.2) is 45.3 Å². The number of rotatable bonds is 2. The number of carbonyl (C=O) groups is 1. The molecule has 0 aliphatic carbocycles. The van der Waals surface area contributed by atoms with Gasteiger partial charge in [-0.25, -0.2) is 0 Å². The van der Waals surface area contributed by atoms with Crippen LogP contribution in [0, 0.1) is 0 Å². The van der Waals surface area contributed by atoms with Gasteiger partial charge in [0.1, 0.15) is 5.75 Å². The molecule has 3 rings (SSSR count). The van der Waals surface area contributed by atoms with E-state index in [9.17, 15) is 4.79 Å². The number of ketones is 1. The van der Waals surface area contributed by atoms with Crippen LogP contribution in [0.4, 0.5) is 0 Å². The van der Waals surface area contributed by atoms with Crippen LogP contribution < -0.4 is 4.74 Å². The Kier molecular flexibility index (Phi) is 3.46. The Morgan fingerprint density at radius 2 is 1.95 bits per heavy atom. The van der Waals surface area contributed by atoms with Gasteiger partial charge in [-0.05, 0) is 45.8 Å². The Labute approximate surface area is 128 Å². The van der Waals surface area contributed by atoms with E-state index >= 15 is 0 Å². The first-order valence-corrected chi connectivity index (χ1v) is 7.50. The predicted molar refractivity (Wildman–Crippen MR) is 80.9 cm³/mol. The molecule has 0 amide bonds. The molecule has 2 aromatic rings. The van der Waals surface area contributed by atoms with Crippen LogP contribution in [0.5, 0.6) is 5.75 Å². The molecule has 0 saturated carbocycles. The average Bonchev–Trinajstić information content (AvgIpc) is 2.86. The number of halogens is 2. The summed E-state index contributed by atoms with van der Waals surface area (Å²) in [7, 11) is 0. The molecule has 0 aromatic heterocycles. The molecule has 0 unspecified atom stereocenters. The van der Waals surface area contributed by atoms with Crippen LogP contribution in [-0.2, 0) is 6.42 Å². The first-order valence-electron chi connectivity index (χ1n) is 5.91. The van der Waals surface area contributed by atoms with Crippen molar-refractivity contribution in [3.63, 3.8) is 0 Å². The topological polar surface area (TPSA) is 26.3 Å². The van der Waals surface area contributed by atoms with Gasteiger partial charge in [0, 0.05) is 20.9 Å². The third-order valence-corrected chi connectivity index (χ3v) is 4.28. The summed E-state index contributed by atoms with van der Waals surface area (Å²) in [5.41, 5.74) is 2.39. The van der Waals surface area contributed by atoms with Crippen molar-refractivity contribution in [1.82, 2.24) is 0 Å². The molecule has 0 spiro atoms. The average molecular weight is 382 g/mol. The van der Waals surface area contributed by atoms with E-state index in [1.54, 1.807) is 0 Å². The van der Waals surface area contributed by atoms with E-state index in [4.69, 9.17) is 4.74 Å². The van der Waals surface area contributed by atoms with Crippen molar-refractivity contribution < 1.29 is 9.53 Å². The van der Waals surface area contributed by atoms with Crippen molar-refractivity contribution in [2.45, 2.75) is 6.42 Å². The predicted octanol–water partition coefficient (Wildman–Crippen LogP) is 4.38. The molecule has 0 atom stereocenters. The van der Waals surface area contributed by atoms with Gasteiger partial charge in [-0.2, -0.15) is 0 Å². The summed E-state index contributed by atoms with van der Waals surface area (Å²) in [5, 5.41) is 0. The molecular formula is C15H10Br2O2. The number of para-hydroxylation sites is 1. The standard InChI is InChI=1S/C15H10Br2O2/c16-10-4-5-11(13(17)8-10)14(18)12-3-1-2-9-6-7-19-15(9)12/h1-5,8H,6-7H2. The Balaban J connectivity index is 2.08. The van der Waals surface area contributed by atoms with Gasteiger partial charge < -0.3 is 4.74 Å². The third kappa shape index (κ3) is 2.35. The fourth-order valence-electron chi connectivity index (χ4n) is 2.21. The molecule has 0 N–H and O–H groups in total. The molecule has 1 aliphatic heterocycles. The van der Waals surface area contributed by atoms with Gasteiger partial charge in [0.15, 0.2) is 5.78 Å². The second-order valence-electron chi connectivity index (χ2n) is 4.35. The van der Waals surface area contributed by atoms with Gasteiger partial charge in [-0.3, -0.25) is 4.79 Å². The van der Waals surface area contributed by atoms with Crippen molar-refractivity contribution in [3.8, 4) is 5.75 Å². The van der Waals surface area contributed by atoms with Crippen molar-refractivity contribution in [1.29, 1.82) is 0 Å². The smallest absolute Gasteiger partial charge is 0.197 e. The molecule has 1 heterocycles. The molecule has 2 nitrogen and oxygen atoms in total. The lowest BCUT2D eigenvalue weighted by Crippen LogP contribution is -2.04. The van der Waals surface area contributed by atoms with Gasteiger partial charge in [0.2, 0.25) is 0 Å². The largest absolute Gasteiger partial charge is 0.492 e. The van der Waals surface area contributed by atoms with Crippen LogP contribution >= 0.6 is 31.9 Å². The Hall–Kier alpha value is -1.13. The minimum atomic E-state index is -0.0156. The van der Waals surface area contributed by atoms with E-state index in [-0.39, 0.29) is 5.78 Å². The molecule has 0 bridgehead atoms. The molecule has 96 valence electrons. The van der Waals surface area contributed by atoms with Crippen LogP contribution in [-0.4, -0.2) is 12.4 Å². The fourth-order valence-corrected chi connectivity index (χ4v) is 3.44. The Morgan fingerprint density at radius 3 is 2.74 bits per heavy atom. The number of hydrogen-bond donors (Lipinski definition) is 0. The van der Waals surface area contributed by atoms with Gasteiger partial charge in [-0.1, -0.05) is 28.1 Å². The second-order valence-corrected chi connectivity index (χ2v) is 6.12. The summed E-state index contributed by atoms with van der Waals surface area (Å²) in [6, 6.07) is 11.3. The lowest BCUT2D eigenvalue weighted by atomic mass is 10.00. The Bertz CT molecular complexity index is 665. The highest BCUT2D eigenvalue weighted by Crippen LogP contribution is 2.33.